The molecule has 0 bridgehead atoms. The third kappa shape index (κ3) is 7.96. The lowest BCUT2D eigenvalue weighted by Gasteiger charge is -2.31. The molecule has 3 aromatic carbocycles. The summed E-state index contributed by atoms with van der Waals surface area (Å²) in [4.78, 5) is 28.5. The van der Waals surface area contributed by atoms with E-state index in [0.717, 1.165) is 33.1 Å². The fourth-order valence-electron chi connectivity index (χ4n) is 3.89. The lowest BCUT2D eigenvalue weighted by atomic mass is 10.0. The molecule has 0 heterocycles. The molecule has 3 aromatic rings. The van der Waals surface area contributed by atoms with Gasteiger partial charge in [-0.3, -0.25) is 9.59 Å². The molecule has 5 nitrogen and oxygen atoms in total. The zero-order valence-electron chi connectivity index (χ0n) is 20.6. The van der Waals surface area contributed by atoms with E-state index in [1.807, 2.05) is 93.6 Å². The molecule has 0 aromatic heterocycles. The van der Waals surface area contributed by atoms with Crippen LogP contribution >= 0.6 is 15.9 Å². The minimum absolute atomic E-state index is 0.146. The molecular formula is C29H33BrN2O3. The number of hydrogen-bond donors (Lipinski definition) is 1. The zero-order chi connectivity index (χ0) is 25.2. The minimum atomic E-state index is -0.664. The van der Waals surface area contributed by atoms with Crippen LogP contribution in [0.25, 0.3) is 0 Å². The van der Waals surface area contributed by atoms with Crippen LogP contribution in [-0.4, -0.2) is 35.9 Å². The van der Waals surface area contributed by atoms with Crippen LogP contribution in [0.3, 0.4) is 0 Å². The van der Waals surface area contributed by atoms with E-state index in [2.05, 4.69) is 21.2 Å². The Hall–Kier alpha value is -3.12. The highest BCUT2D eigenvalue weighted by Crippen LogP contribution is 2.20. The van der Waals surface area contributed by atoms with Crippen molar-refractivity contribution >= 4 is 27.7 Å². The van der Waals surface area contributed by atoms with E-state index in [-0.39, 0.29) is 18.4 Å². The quantitative estimate of drug-likeness (QED) is 0.346. The van der Waals surface area contributed by atoms with Gasteiger partial charge in [0, 0.05) is 24.0 Å². The van der Waals surface area contributed by atoms with Gasteiger partial charge in [-0.25, -0.2) is 0 Å². The average molecular weight is 537 g/mol. The summed E-state index contributed by atoms with van der Waals surface area (Å²) in [6.07, 6.45) is 1.24. The molecule has 1 N–H and O–H groups in total. The number of nitrogens with one attached hydrogen (secondary N) is 1. The number of ether oxygens (including phenoxy) is 1. The van der Waals surface area contributed by atoms with Crippen LogP contribution < -0.4 is 10.1 Å². The second kappa shape index (κ2) is 13.1. The maximum Gasteiger partial charge on any atom is 0.261 e. The van der Waals surface area contributed by atoms with Crippen molar-refractivity contribution < 1.29 is 14.3 Å². The molecule has 0 unspecified atom stereocenters. The minimum Gasteiger partial charge on any atom is -0.483 e. The molecule has 0 saturated carbocycles. The number of hydrogen-bond acceptors (Lipinski definition) is 3. The lowest BCUT2D eigenvalue weighted by Crippen LogP contribution is -2.51. The van der Waals surface area contributed by atoms with Gasteiger partial charge in [0.15, 0.2) is 6.61 Å². The van der Waals surface area contributed by atoms with Gasteiger partial charge in [0.05, 0.1) is 0 Å². The van der Waals surface area contributed by atoms with Crippen molar-refractivity contribution in [3.8, 4) is 5.75 Å². The number of rotatable bonds is 11. The molecule has 6 heteroatoms. The Labute approximate surface area is 216 Å². The second-order valence-corrected chi connectivity index (χ2v) is 9.62. The van der Waals surface area contributed by atoms with E-state index in [4.69, 9.17) is 4.74 Å². The Kier molecular flexibility index (Phi) is 9.91. The van der Waals surface area contributed by atoms with Gasteiger partial charge in [-0.2, -0.15) is 0 Å². The molecule has 0 fully saturated rings. The Morgan fingerprint density at radius 1 is 0.971 bits per heavy atom. The highest BCUT2D eigenvalue weighted by molar-refractivity contribution is 9.10. The van der Waals surface area contributed by atoms with Crippen molar-refractivity contribution in [2.24, 2.45) is 0 Å². The van der Waals surface area contributed by atoms with Crippen LogP contribution in [0.5, 0.6) is 5.75 Å². The smallest absolute Gasteiger partial charge is 0.261 e. The monoisotopic (exact) mass is 536 g/mol. The molecular weight excluding hydrogens is 504 g/mol. The molecule has 1 atom stereocenters. The Morgan fingerprint density at radius 3 is 2.34 bits per heavy atom. The SMILES string of the molecule is CCCNC(=O)[C@@H](Cc1ccccc1)N(Cc1ccc(Br)cc1)C(=O)COc1ccc(C)cc1C. The van der Waals surface area contributed by atoms with Crippen LogP contribution in [0.2, 0.25) is 0 Å². The van der Waals surface area contributed by atoms with Gasteiger partial charge >= 0.3 is 0 Å². The van der Waals surface area contributed by atoms with Crippen molar-refractivity contribution in [3.05, 3.63) is 99.5 Å². The van der Waals surface area contributed by atoms with Crippen molar-refractivity contribution in [1.29, 1.82) is 0 Å². The molecule has 0 saturated heterocycles. The fourth-order valence-corrected chi connectivity index (χ4v) is 4.15. The molecule has 35 heavy (non-hydrogen) atoms. The van der Waals surface area contributed by atoms with Crippen LogP contribution in [0, 0.1) is 13.8 Å². The first-order chi connectivity index (χ1) is 16.9. The number of carbonyl (C=O) groups excluding carboxylic acids is 2. The Bertz CT molecular complexity index is 1120. The Balaban J connectivity index is 1.89. The number of amides is 2. The first-order valence-electron chi connectivity index (χ1n) is 11.9. The molecule has 0 radical (unpaired) electrons. The standard InChI is InChI=1S/C29H33BrN2O3/c1-4-16-31-29(34)26(18-23-8-6-5-7-9-23)32(19-24-11-13-25(30)14-12-24)28(33)20-35-27-15-10-21(2)17-22(27)3/h5-15,17,26H,4,16,18-20H2,1-3H3,(H,31,34)/t26-/m1/s1. The number of carbonyl (C=O) groups is 2. The predicted octanol–water partition coefficient (Wildman–Crippen LogP) is 5.61. The normalized spacial score (nSPS) is 11.5. The summed E-state index contributed by atoms with van der Waals surface area (Å²) in [5.41, 5.74) is 4.04. The van der Waals surface area contributed by atoms with E-state index in [1.54, 1.807) is 4.90 Å². The summed E-state index contributed by atoms with van der Waals surface area (Å²) in [7, 11) is 0. The highest BCUT2D eigenvalue weighted by Gasteiger charge is 2.30. The van der Waals surface area contributed by atoms with E-state index in [1.165, 1.54) is 0 Å². The van der Waals surface area contributed by atoms with Gasteiger partial charge in [0.2, 0.25) is 5.91 Å². The van der Waals surface area contributed by atoms with Crippen LogP contribution in [0.4, 0.5) is 0 Å². The highest BCUT2D eigenvalue weighted by atomic mass is 79.9. The molecule has 0 aliphatic rings. The number of benzene rings is 3. The maximum atomic E-state index is 13.6. The maximum absolute atomic E-state index is 13.6. The fraction of sp³-hybridized carbons (Fsp3) is 0.310. The molecule has 0 spiro atoms. The van der Waals surface area contributed by atoms with E-state index in [0.29, 0.717) is 25.3 Å². The van der Waals surface area contributed by atoms with E-state index in [9.17, 15) is 9.59 Å². The van der Waals surface area contributed by atoms with Gasteiger partial charge in [-0.1, -0.05) is 83.0 Å². The summed E-state index contributed by atoms with van der Waals surface area (Å²) in [5, 5.41) is 2.99. The van der Waals surface area contributed by atoms with Crippen LogP contribution in [-0.2, 0) is 22.6 Å². The first kappa shape index (κ1) is 26.5. The summed E-state index contributed by atoms with van der Waals surface area (Å²) in [6, 6.07) is 22.8. The summed E-state index contributed by atoms with van der Waals surface area (Å²) >= 11 is 3.46. The van der Waals surface area contributed by atoms with Crippen molar-refractivity contribution in [2.45, 2.75) is 46.2 Å². The van der Waals surface area contributed by atoms with Crippen molar-refractivity contribution in [1.82, 2.24) is 10.2 Å². The van der Waals surface area contributed by atoms with Gasteiger partial charge in [0.25, 0.3) is 5.91 Å². The molecule has 2 amide bonds. The van der Waals surface area contributed by atoms with Crippen molar-refractivity contribution in [2.75, 3.05) is 13.2 Å². The third-order valence-corrected chi connectivity index (χ3v) is 6.30. The van der Waals surface area contributed by atoms with E-state index >= 15 is 0 Å². The van der Waals surface area contributed by atoms with Crippen LogP contribution in [0.15, 0.2) is 77.3 Å². The largest absolute Gasteiger partial charge is 0.483 e. The summed E-state index contributed by atoms with van der Waals surface area (Å²) in [6.45, 7) is 6.71. The molecule has 3 rings (SSSR count). The van der Waals surface area contributed by atoms with Gasteiger partial charge < -0.3 is 15.0 Å². The summed E-state index contributed by atoms with van der Waals surface area (Å²) < 4.78 is 6.88. The average Bonchev–Trinajstić information content (AvgIpc) is 2.85. The third-order valence-electron chi connectivity index (χ3n) is 5.77. The van der Waals surface area contributed by atoms with E-state index < -0.39 is 6.04 Å². The van der Waals surface area contributed by atoms with Crippen molar-refractivity contribution in [3.63, 3.8) is 0 Å². The number of halogens is 1. The predicted molar refractivity (Wildman–Crippen MR) is 143 cm³/mol. The van der Waals surface area contributed by atoms with Gasteiger partial charge in [-0.05, 0) is 55.2 Å². The molecule has 184 valence electrons. The van der Waals surface area contributed by atoms with Gasteiger partial charge in [-0.15, -0.1) is 0 Å². The zero-order valence-corrected chi connectivity index (χ0v) is 22.2. The number of aryl methyl sites for hydroxylation is 2. The molecule has 0 aliphatic heterocycles. The first-order valence-corrected chi connectivity index (χ1v) is 12.7. The number of nitrogens with zero attached hydrogens (tertiary/aromatic N) is 1. The lowest BCUT2D eigenvalue weighted by molar-refractivity contribution is -0.142. The topological polar surface area (TPSA) is 58.6 Å². The molecule has 0 aliphatic carbocycles. The summed E-state index contributed by atoms with van der Waals surface area (Å²) in [5.74, 6) is 0.274. The Morgan fingerprint density at radius 2 is 1.69 bits per heavy atom. The second-order valence-electron chi connectivity index (χ2n) is 8.70. The van der Waals surface area contributed by atoms with Crippen LogP contribution in [0.1, 0.15) is 35.6 Å². The van der Waals surface area contributed by atoms with Gasteiger partial charge in [0.1, 0.15) is 11.8 Å².